The molecule has 0 aromatic heterocycles. The molecule has 1 rings (SSSR count). The summed E-state index contributed by atoms with van der Waals surface area (Å²) in [5.41, 5.74) is 1.09. The lowest BCUT2D eigenvalue weighted by molar-refractivity contribution is -0.136. The molecule has 3 nitrogen and oxygen atoms in total. The smallest absolute Gasteiger partial charge is 0.178 e. The van der Waals surface area contributed by atoms with Crippen molar-refractivity contribution in [2.75, 3.05) is 13.2 Å². The summed E-state index contributed by atoms with van der Waals surface area (Å²) < 4.78 is 10.2. The van der Waals surface area contributed by atoms with Gasteiger partial charge in [-0.2, -0.15) is 0 Å². The largest absolute Gasteiger partial charge is 0.372 e. The molecule has 1 atom stereocenters. The molecule has 0 amide bonds. The lowest BCUT2D eigenvalue weighted by Gasteiger charge is -2.10. The van der Waals surface area contributed by atoms with Crippen LogP contribution in [0.2, 0.25) is 0 Å². The third kappa shape index (κ3) is 4.37. The van der Waals surface area contributed by atoms with Crippen LogP contribution in [0, 0.1) is 0 Å². The molecule has 0 aliphatic rings. The second-order valence-electron chi connectivity index (χ2n) is 2.91. The van der Waals surface area contributed by atoms with Crippen molar-refractivity contribution >= 4 is 0 Å². The van der Waals surface area contributed by atoms with Crippen LogP contribution in [0.3, 0.4) is 0 Å². The van der Waals surface area contributed by atoms with Crippen molar-refractivity contribution in [2.24, 2.45) is 0 Å². The first kappa shape index (κ1) is 11.2. The van der Waals surface area contributed by atoms with Gasteiger partial charge in [0.1, 0.15) is 0 Å². The highest BCUT2D eigenvalue weighted by Gasteiger charge is 2.01. The first-order chi connectivity index (χ1) is 6.83. The lowest BCUT2D eigenvalue weighted by Crippen LogP contribution is -2.18. The third-order valence-electron chi connectivity index (χ3n) is 1.73. The molecule has 0 radical (unpaired) electrons. The van der Waals surface area contributed by atoms with Crippen LogP contribution < -0.4 is 0 Å². The molecule has 1 aromatic rings. The van der Waals surface area contributed by atoms with Crippen molar-refractivity contribution < 1.29 is 14.6 Å². The van der Waals surface area contributed by atoms with E-state index in [-0.39, 0.29) is 6.61 Å². The second kappa shape index (κ2) is 6.54. The Morgan fingerprint density at radius 2 is 2.00 bits per heavy atom. The Labute approximate surface area is 84.3 Å². The fourth-order valence-corrected chi connectivity index (χ4v) is 1.09. The topological polar surface area (TPSA) is 38.7 Å². The summed E-state index contributed by atoms with van der Waals surface area (Å²) >= 11 is 0. The van der Waals surface area contributed by atoms with Crippen molar-refractivity contribution in [1.82, 2.24) is 0 Å². The van der Waals surface area contributed by atoms with Crippen LogP contribution in [0.15, 0.2) is 30.3 Å². The highest BCUT2D eigenvalue weighted by Crippen LogP contribution is 2.01. The third-order valence-corrected chi connectivity index (χ3v) is 1.73. The van der Waals surface area contributed by atoms with Crippen LogP contribution in [0.1, 0.15) is 12.5 Å². The number of hydrogen-bond donors (Lipinski definition) is 1. The fraction of sp³-hybridized carbons (Fsp3) is 0.455. The SMILES string of the molecule is CCOC(O)COCc1ccccc1. The van der Waals surface area contributed by atoms with Gasteiger partial charge in [0.2, 0.25) is 0 Å². The van der Waals surface area contributed by atoms with E-state index in [0.717, 1.165) is 5.56 Å². The van der Waals surface area contributed by atoms with E-state index in [4.69, 9.17) is 9.47 Å². The molecule has 78 valence electrons. The van der Waals surface area contributed by atoms with Gasteiger partial charge in [0.25, 0.3) is 0 Å². The van der Waals surface area contributed by atoms with Gasteiger partial charge in [0.05, 0.1) is 13.2 Å². The van der Waals surface area contributed by atoms with Crippen molar-refractivity contribution in [1.29, 1.82) is 0 Å². The van der Waals surface area contributed by atoms with Gasteiger partial charge in [-0.15, -0.1) is 0 Å². The molecule has 0 aliphatic carbocycles. The van der Waals surface area contributed by atoms with E-state index in [1.807, 2.05) is 37.3 Å². The predicted octanol–water partition coefficient (Wildman–Crippen LogP) is 1.56. The summed E-state index contributed by atoms with van der Waals surface area (Å²) in [5, 5.41) is 9.18. The molecule has 0 bridgehead atoms. The minimum Gasteiger partial charge on any atom is -0.372 e. The lowest BCUT2D eigenvalue weighted by atomic mass is 10.2. The maximum absolute atomic E-state index is 9.18. The summed E-state index contributed by atoms with van der Waals surface area (Å²) in [4.78, 5) is 0. The predicted molar refractivity (Wildman–Crippen MR) is 53.7 cm³/mol. The van der Waals surface area contributed by atoms with Crippen molar-refractivity contribution in [3.05, 3.63) is 35.9 Å². The fourth-order valence-electron chi connectivity index (χ4n) is 1.09. The molecular weight excluding hydrogens is 180 g/mol. The number of rotatable bonds is 6. The Hall–Kier alpha value is -0.900. The van der Waals surface area contributed by atoms with E-state index in [1.54, 1.807) is 0 Å². The molecule has 0 fully saturated rings. The van der Waals surface area contributed by atoms with Gasteiger partial charge in [-0.25, -0.2) is 0 Å². The van der Waals surface area contributed by atoms with E-state index in [2.05, 4.69) is 0 Å². The quantitative estimate of drug-likeness (QED) is 0.702. The monoisotopic (exact) mass is 196 g/mol. The zero-order valence-electron chi connectivity index (χ0n) is 8.35. The van der Waals surface area contributed by atoms with Gasteiger partial charge in [-0.1, -0.05) is 30.3 Å². The summed E-state index contributed by atoms with van der Waals surface area (Å²) in [6.45, 7) is 3.05. The Morgan fingerprint density at radius 1 is 1.29 bits per heavy atom. The number of ether oxygens (including phenoxy) is 2. The average Bonchev–Trinajstić information content (AvgIpc) is 2.20. The highest BCUT2D eigenvalue weighted by atomic mass is 16.6. The summed E-state index contributed by atoms with van der Waals surface area (Å²) in [7, 11) is 0. The molecular formula is C11H16O3. The van der Waals surface area contributed by atoms with Crippen molar-refractivity contribution in [3.8, 4) is 0 Å². The Kier molecular flexibility index (Phi) is 5.22. The number of aliphatic hydroxyl groups is 1. The van der Waals surface area contributed by atoms with Crippen molar-refractivity contribution in [2.45, 2.75) is 19.8 Å². The maximum atomic E-state index is 9.18. The molecule has 1 unspecified atom stereocenters. The zero-order valence-corrected chi connectivity index (χ0v) is 8.35. The van der Waals surface area contributed by atoms with E-state index >= 15 is 0 Å². The van der Waals surface area contributed by atoms with Crippen LogP contribution in [-0.4, -0.2) is 24.6 Å². The van der Waals surface area contributed by atoms with Crippen molar-refractivity contribution in [3.63, 3.8) is 0 Å². The highest BCUT2D eigenvalue weighted by molar-refractivity contribution is 5.13. The zero-order chi connectivity index (χ0) is 10.2. The second-order valence-corrected chi connectivity index (χ2v) is 2.91. The van der Waals surface area contributed by atoms with Gasteiger partial charge in [0.15, 0.2) is 6.29 Å². The number of benzene rings is 1. The molecule has 0 saturated carbocycles. The number of hydrogen-bond acceptors (Lipinski definition) is 3. The van der Waals surface area contributed by atoms with E-state index in [1.165, 1.54) is 0 Å². The van der Waals surface area contributed by atoms with Crippen LogP contribution >= 0.6 is 0 Å². The van der Waals surface area contributed by atoms with Gasteiger partial charge >= 0.3 is 0 Å². The van der Waals surface area contributed by atoms with E-state index in [9.17, 15) is 5.11 Å². The van der Waals surface area contributed by atoms with E-state index < -0.39 is 6.29 Å². The molecule has 1 N–H and O–H groups in total. The van der Waals surface area contributed by atoms with Gasteiger partial charge in [0, 0.05) is 6.61 Å². The van der Waals surface area contributed by atoms with Gasteiger partial charge in [-0.05, 0) is 12.5 Å². The summed E-state index contributed by atoms with van der Waals surface area (Å²) in [6, 6.07) is 9.83. The molecule has 0 heterocycles. The Bertz CT molecular complexity index is 236. The summed E-state index contributed by atoms with van der Waals surface area (Å²) in [6.07, 6.45) is -0.816. The van der Waals surface area contributed by atoms with Crippen LogP contribution in [0.25, 0.3) is 0 Å². The van der Waals surface area contributed by atoms with Crippen LogP contribution in [0.5, 0.6) is 0 Å². The normalized spacial score (nSPS) is 12.7. The first-order valence-corrected chi connectivity index (χ1v) is 4.74. The van der Waals surface area contributed by atoms with Crippen LogP contribution in [0.4, 0.5) is 0 Å². The standard InChI is InChI=1S/C11H16O3/c1-2-14-11(12)9-13-8-10-6-4-3-5-7-10/h3-7,11-12H,2,8-9H2,1H3. The van der Waals surface area contributed by atoms with Crippen LogP contribution in [-0.2, 0) is 16.1 Å². The van der Waals surface area contributed by atoms with Gasteiger partial charge < -0.3 is 14.6 Å². The molecule has 3 heteroatoms. The van der Waals surface area contributed by atoms with Gasteiger partial charge in [-0.3, -0.25) is 0 Å². The molecule has 0 spiro atoms. The number of aliphatic hydroxyl groups excluding tert-OH is 1. The Morgan fingerprint density at radius 3 is 2.64 bits per heavy atom. The summed E-state index contributed by atoms with van der Waals surface area (Å²) in [5.74, 6) is 0. The molecule has 0 aliphatic heterocycles. The molecule has 14 heavy (non-hydrogen) atoms. The van der Waals surface area contributed by atoms with E-state index in [0.29, 0.717) is 13.2 Å². The average molecular weight is 196 g/mol. The maximum Gasteiger partial charge on any atom is 0.178 e. The minimum atomic E-state index is -0.816. The first-order valence-electron chi connectivity index (χ1n) is 4.74. The molecule has 1 aromatic carbocycles. The Balaban J connectivity index is 2.16. The molecule has 0 saturated heterocycles. The minimum absolute atomic E-state index is 0.211.